The smallest absolute Gasteiger partial charge is 0.236 e. The van der Waals surface area contributed by atoms with Crippen LogP contribution in [0.3, 0.4) is 0 Å². The molecule has 122 valence electrons. The van der Waals surface area contributed by atoms with E-state index < -0.39 is 0 Å². The van der Waals surface area contributed by atoms with Crippen molar-refractivity contribution in [3.63, 3.8) is 0 Å². The van der Waals surface area contributed by atoms with Gasteiger partial charge in [0, 0.05) is 7.05 Å². The van der Waals surface area contributed by atoms with Crippen LogP contribution in [0.25, 0.3) is 16.8 Å². The summed E-state index contributed by atoms with van der Waals surface area (Å²) in [6.45, 7) is 0.385. The fourth-order valence-electron chi connectivity index (χ4n) is 2.61. The maximum absolute atomic E-state index is 12.0. The average Bonchev–Trinajstić information content (AvgIpc) is 3.31. The number of thioether (sulfide) groups is 1. The molecule has 24 heavy (non-hydrogen) atoms. The van der Waals surface area contributed by atoms with Gasteiger partial charge in [0.1, 0.15) is 5.76 Å². The first-order valence-electron chi connectivity index (χ1n) is 7.44. The van der Waals surface area contributed by atoms with Gasteiger partial charge in [-0.2, -0.15) is 0 Å². The van der Waals surface area contributed by atoms with Crippen molar-refractivity contribution < 1.29 is 9.21 Å². The number of aryl methyl sites for hydroxylation is 1. The molecule has 0 bridgehead atoms. The number of amides is 1. The number of carbonyl (C=O) groups is 1. The highest BCUT2D eigenvalue weighted by atomic mass is 32.2. The molecule has 0 radical (unpaired) electrons. The van der Waals surface area contributed by atoms with Crippen molar-refractivity contribution in [2.24, 2.45) is 7.05 Å². The SMILES string of the molecule is Cn1c2ccccc2n2c(SCC(=O)NCc3ccco3)nnc12. The van der Waals surface area contributed by atoms with Crippen molar-refractivity contribution >= 4 is 34.5 Å². The fraction of sp³-hybridized carbons (Fsp3) is 0.188. The van der Waals surface area contributed by atoms with Crippen LogP contribution in [0.15, 0.2) is 52.2 Å². The zero-order valence-corrected chi connectivity index (χ0v) is 13.8. The molecule has 3 heterocycles. The minimum Gasteiger partial charge on any atom is -0.467 e. The van der Waals surface area contributed by atoms with Gasteiger partial charge < -0.3 is 14.3 Å². The number of benzene rings is 1. The summed E-state index contributed by atoms with van der Waals surface area (Å²) in [6.07, 6.45) is 1.59. The van der Waals surface area contributed by atoms with E-state index in [2.05, 4.69) is 15.5 Å². The number of rotatable bonds is 5. The highest BCUT2D eigenvalue weighted by molar-refractivity contribution is 7.99. The number of hydrogen-bond donors (Lipinski definition) is 1. The van der Waals surface area contributed by atoms with E-state index in [1.165, 1.54) is 11.8 Å². The third-order valence-electron chi connectivity index (χ3n) is 3.77. The minimum atomic E-state index is -0.0756. The molecule has 0 saturated heterocycles. The number of aromatic nitrogens is 4. The van der Waals surface area contributed by atoms with Crippen molar-refractivity contribution in [2.75, 3.05) is 5.75 Å². The van der Waals surface area contributed by atoms with Crippen LogP contribution in [0.4, 0.5) is 0 Å². The van der Waals surface area contributed by atoms with Crippen LogP contribution in [0.1, 0.15) is 5.76 Å². The first kappa shape index (κ1) is 14.8. The monoisotopic (exact) mass is 341 g/mol. The van der Waals surface area contributed by atoms with Gasteiger partial charge in [0.25, 0.3) is 0 Å². The third kappa shape index (κ3) is 2.54. The van der Waals surface area contributed by atoms with E-state index >= 15 is 0 Å². The molecule has 1 N–H and O–H groups in total. The summed E-state index contributed by atoms with van der Waals surface area (Å²) < 4.78 is 9.15. The summed E-state index contributed by atoms with van der Waals surface area (Å²) in [7, 11) is 1.96. The number of para-hydroxylation sites is 2. The molecule has 3 aromatic heterocycles. The molecule has 0 spiro atoms. The van der Waals surface area contributed by atoms with Crippen LogP contribution >= 0.6 is 11.8 Å². The van der Waals surface area contributed by atoms with Crippen LogP contribution in [-0.2, 0) is 18.4 Å². The van der Waals surface area contributed by atoms with E-state index in [1.54, 1.807) is 12.3 Å². The van der Waals surface area contributed by atoms with Gasteiger partial charge in [-0.15, -0.1) is 10.2 Å². The van der Waals surface area contributed by atoms with Crippen molar-refractivity contribution in [1.29, 1.82) is 0 Å². The Bertz CT molecular complexity index is 1000. The largest absolute Gasteiger partial charge is 0.467 e. The Balaban J connectivity index is 1.50. The van der Waals surface area contributed by atoms with Gasteiger partial charge in [-0.1, -0.05) is 23.9 Å². The topological polar surface area (TPSA) is 77.4 Å². The Morgan fingerprint density at radius 2 is 2.04 bits per heavy atom. The molecule has 0 saturated carbocycles. The summed E-state index contributed by atoms with van der Waals surface area (Å²) in [4.78, 5) is 12.0. The molecule has 0 unspecified atom stereocenters. The molecule has 0 aliphatic rings. The lowest BCUT2D eigenvalue weighted by molar-refractivity contribution is -0.118. The van der Waals surface area contributed by atoms with Crippen molar-refractivity contribution in [1.82, 2.24) is 24.5 Å². The summed E-state index contributed by atoms with van der Waals surface area (Å²) in [5.41, 5.74) is 2.10. The number of furan rings is 1. The molecule has 1 aromatic carbocycles. The standard InChI is InChI=1S/C16H15N5O2S/c1-20-12-6-2-3-7-13(12)21-15(20)18-19-16(21)24-10-14(22)17-9-11-5-4-8-23-11/h2-8H,9-10H2,1H3,(H,17,22). The molecule has 1 amide bonds. The molecule has 0 aliphatic carbocycles. The second-order valence-electron chi connectivity index (χ2n) is 5.31. The quantitative estimate of drug-likeness (QED) is 0.563. The van der Waals surface area contributed by atoms with E-state index in [1.807, 2.05) is 46.3 Å². The Hall–Kier alpha value is -2.74. The number of hydrogen-bond acceptors (Lipinski definition) is 5. The van der Waals surface area contributed by atoms with Crippen LogP contribution < -0.4 is 5.32 Å². The molecule has 7 nitrogen and oxygen atoms in total. The third-order valence-corrected chi connectivity index (χ3v) is 4.70. The van der Waals surface area contributed by atoms with Crippen molar-refractivity contribution in [3.05, 3.63) is 48.4 Å². The first-order chi connectivity index (χ1) is 11.7. The normalized spacial score (nSPS) is 11.4. The van der Waals surface area contributed by atoms with Crippen molar-refractivity contribution in [3.8, 4) is 0 Å². The second-order valence-corrected chi connectivity index (χ2v) is 6.25. The number of nitrogens with zero attached hydrogens (tertiary/aromatic N) is 4. The van der Waals surface area contributed by atoms with E-state index in [9.17, 15) is 4.79 Å². The Morgan fingerprint density at radius 1 is 1.21 bits per heavy atom. The highest BCUT2D eigenvalue weighted by Gasteiger charge is 2.15. The van der Waals surface area contributed by atoms with E-state index in [-0.39, 0.29) is 11.7 Å². The van der Waals surface area contributed by atoms with Crippen molar-refractivity contribution in [2.45, 2.75) is 11.7 Å². The Morgan fingerprint density at radius 3 is 2.83 bits per heavy atom. The second kappa shape index (κ2) is 6.04. The van der Waals surface area contributed by atoms with E-state index in [0.717, 1.165) is 22.6 Å². The molecular formula is C16H15N5O2S. The maximum Gasteiger partial charge on any atom is 0.236 e. The lowest BCUT2D eigenvalue weighted by Crippen LogP contribution is -2.24. The van der Waals surface area contributed by atoms with Gasteiger partial charge in [0.2, 0.25) is 11.7 Å². The van der Waals surface area contributed by atoms with Crippen LogP contribution in [-0.4, -0.2) is 30.8 Å². The number of fused-ring (bicyclic) bond motifs is 3. The summed E-state index contributed by atoms with van der Waals surface area (Å²) in [5.74, 6) is 1.68. The Kier molecular flexibility index (Phi) is 3.73. The Labute approximate surface area is 141 Å². The van der Waals surface area contributed by atoms with E-state index in [0.29, 0.717) is 11.7 Å². The van der Waals surface area contributed by atoms with Crippen LogP contribution in [0.5, 0.6) is 0 Å². The molecule has 4 rings (SSSR count). The zero-order chi connectivity index (χ0) is 16.5. The molecular weight excluding hydrogens is 326 g/mol. The van der Waals surface area contributed by atoms with Gasteiger partial charge in [-0.05, 0) is 24.3 Å². The first-order valence-corrected chi connectivity index (χ1v) is 8.43. The van der Waals surface area contributed by atoms with Gasteiger partial charge in [-0.25, -0.2) is 0 Å². The summed E-state index contributed by atoms with van der Waals surface area (Å²) in [6, 6.07) is 11.6. The molecule has 8 heteroatoms. The number of carbonyl (C=O) groups excluding carboxylic acids is 1. The maximum atomic E-state index is 12.0. The van der Waals surface area contributed by atoms with Gasteiger partial charge >= 0.3 is 0 Å². The molecule has 0 fully saturated rings. The number of nitrogens with one attached hydrogen (secondary N) is 1. The molecule has 0 aliphatic heterocycles. The molecule has 4 aromatic rings. The zero-order valence-electron chi connectivity index (χ0n) is 13.0. The molecule has 0 atom stereocenters. The van der Waals surface area contributed by atoms with Gasteiger partial charge in [-0.3, -0.25) is 9.20 Å². The lowest BCUT2D eigenvalue weighted by atomic mass is 10.3. The predicted molar refractivity (Wildman–Crippen MR) is 90.7 cm³/mol. The summed E-state index contributed by atoms with van der Waals surface area (Å²) in [5, 5.41) is 12.0. The van der Waals surface area contributed by atoms with Crippen LogP contribution in [0.2, 0.25) is 0 Å². The highest BCUT2D eigenvalue weighted by Crippen LogP contribution is 2.24. The fourth-order valence-corrected chi connectivity index (χ4v) is 3.38. The lowest BCUT2D eigenvalue weighted by Gasteiger charge is -2.02. The average molecular weight is 341 g/mol. The number of imidazole rings is 1. The van der Waals surface area contributed by atoms with Gasteiger partial charge in [0.05, 0.1) is 29.6 Å². The van der Waals surface area contributed by atoms with E-state index in [4.69, 9.17) is 4.42 Å². The predicted octanol–water partition coefficient (Wildman–Crippen LogP) is 2.22. The summed E-state index contributed by atoms with van der Waals surface area (Å²) >= 11 is 1.36. The van der Waals surface area contributed by atoms with Gasteiger partial charge in [0.15, 0.2) is 5.16 Å². The van der Waals surface area contributed by atoms with Crippen LogP contribution in [0, 0.1) is 0 Å². The minimum absolute atomic E-state index is 0.0756.